The Morgan fingerprint density at radius 1 is 1.06 bits per heavy atom. The molecule has 31 heavy (non-hydrogen) atoms. The summed E-state index contributed by atoms with van der Waals surface area (Å²) in [6, 6.07) is 17.5. The fraction of sp³-hybridized carbons (Fsp3) is 0.435. The number of morpholine rings is 1. The lowest BCUT2D eigenvalue weighted by atomic mass is 10.1. The van der Waals surface area contributed by atoms with Gasteiger partial charge in [0.05, 0.1) is 18.0 Å². The van der Waals surface area contributed by atoms with Crippen LogP contribution in [-0.4, -0.2) is 62.3 Å². The molecule has 1 aliphatic rings. The third kappa shape index (κ3) is 6.53. The monoisotopic (exact) mass is 446 g/mol. The first kappa shape index (κ1) is 23.2. The van der Waals surface area contributed by atoms with Crippen LogP contribution >= 0.6 is 0 Å². The minimum Gasteiger partial charge on any atom is -0.481 e. The number of benzene rings is 2. The lowest BCUT2D eigenvalue weighted by molar-refractivity contribution is -0.127. The smallest absolute Gasteiger partial charge is 0.260 e. The largest absolute Gasteiger partial charge is 0.481 e. The lowest BCUT2D eigenvalue weighted by Gasteiger charge is -2.34. The summed E-state index contributed by atoms with van der Waals surface area (Å²) >= 11 is 0. The fourth-order valence-corrected chi connectivity index (χ4v) is 5.04. The Morgan fingerprint density at radius 3 is 2.26 bits per heavy atom. The summed E-state index contributed by atoms with van der Waals surface area (Å²) < 4.78 is 37.8. The van der Waals surface area contributed by atoms with E-state index in [9.17, 15) is 13.2 Å². The minimum absolute atomic E-state index is 0.0297. The highest BCUT2D eigenvalue weighted by Crippen LogP contribution is 2.22. The van der Waals surface area contributed by atoms with Crippen molar-refractivity contribution in [3.63, 3.8) is 0 Å². The number of rotatable bonds is 8. The van der Waals surface area contributed by atoms with E-state index in [-0.39, 0.29) is 30.4 Å². The topological polar surface area (TPSA) is 84.9 Å². The fourth-order valence-electron chi connectivity index (χ4n) is 3.55. The quantitative estimate of drug-likeness (QED) is 0.674. The number of nitrogens with one attached hydrogen (secondary N) is 1. The van der Waals surface area contributed by atoms with Gasteiger partial charge in [-0.3, -0.25) is 4.79 Å². The molecule has 1 amide bonds. The second-order valence-corrected chi connectivity index (χ2v) is 9.92. The molecule has 1 aliphatic heterocycles. The SMILES string of the molecule is C[C@@H]1CN(S(=O)(=O)CCNC(=O)[C@@H](C)Oc2ccc(-c3ccccc3)cc2)C[C@H](C)O1. The van der Waals surface area contributed by atoms with E-state index in [4.69, 9.17) is 9.47 Å². The molecule has 2 aromatic carbocycles. The van der Waals surface area contributed by atoms with E-state index in [1.54, 1.807) is 6.92 Å². The van der Waals surface area contributed by atoms with E-state index in [0.29, 0.717) is 18.8 Å². The summed E-state index contributed by atoms with van der Waals surface area (Å²) in [7, 11) is -3.46. The third-order valence-corrected chi connectivity index (χ3v) is 6.89. The summed E-state index contributed by atoms with van der Waals surface area (Å²) in [4.78, 5) is 12.3. The zero-order valence-electron chi connectivity index (χ0n) is 18.2. The molecule has 1 fully saturated rings. The van der Waals surface area contributed by atoms with E-state index in [1.807, 2.05) is 68.4 Å². The van der Waals surface area contributed by atoms with Crippen LogP contribution in [0.25, 0.3) is 11.1 Å². The van der Waals surface area contributed by atoms with Crippen LogP contribution in [0, 0.1) is 0 Å². The van der Waals surface area contributed by atoms with Gasteiger partial charge in [0.1, 0.15) is 5.75 Å². The molecule has 0 aliphatic carbocycles. The predicted molar refractivity (Wildman–Crippen MR) is 120 cm³/mol. The molecule has 3 atom stereocenters. The number of carbonyl (C=O) groups excluding carboxylic acids is 1. The Bertz CT molecular complexity index is 953. The summed E-state index contributed by atoms with van der Waals surface area (Å²) in [5.74, 6) is 0.0636. The number of carbonyl (C=O) groups is 1. The second kappa shape index (κ2) is 10.3. The lowest BCUT2D eigenvalue weighted by Crippen LogP contribution is -2.50. The summed E-state index contributed by atoms with van der Waals surface area (Å²) in [6.07, 6.45) is -1.03. The molecule has 0 bridgehead atoms. The maximum absolute atomic E-state index is 12.6. The van der Waals surface area contributed by atoms with Crippen molar-refractivity contribution in [3.8, 4) is 16.9 Å². The van der Waals surface area contributed by atoms with Crippen molar-refractivity contribution >= 4 is 15.9 Å². The molecule has 0 aromatic heterocycles. The molecule has 168 valence electrons. The highest BCUT2D eigenvalue weighted by molar-refractivity contribution is 7.89. The summed E-state index contributed by atoms with van der Waals surface area (Å²) in [5.41, 5.74) is 2.16. The molecule has 8 heteroatoms. The van der Waals surface area contributed by atoms with Gasteiger partial charge in [-0.15, -0.1) is 0 Å². The van der Waals surface area contributed by atoms with Crippen molar-refractivity contribution in [2.24, 2.45) is 0 Å². The van der Waals surface area contributed by atoms with E-state index in [1.165, 1.54) is 4.31 Å². The van der Waals surface area contributed by atoms with Crippen LogP contribution in [0.1, 0.15) is 20.8 Å². The Morgan fingerprint density at radius 2 is 1.65 bits per heavy atom. The molecule has 0 saturated carbocycles. The summed E-state index contributed by atoms with van der Waals surface area (Å²) in [6.45, 7) is 6.04. The van der Waals surface area contributed by atoms with Crippen LogP contribution in [0.2, 0.25) is 0 Å². The molecule has 2 aromatic rings. The van der Waals surface area contributed by atoms with Gasteiger partial charge >= 0.3 is 0 Å². The van der Waals surface area contributed by atoms with Gasteiger partial charge in [-0.2, -0.15) is 4.31 Å². The maximum Gasteiger partial charge on any atom is 0.260 e. The Hall–Kier alpha value is -2.42. The molecule has 0 unspecified atom stereocenters. The standard InChI is InChI=1S/C23H30N2O5S/c1-17-15-25(16-18(2)29-17)31(27,28)14-13-24-23(26)19(3)30-22-11-9-21(10-12-22)20-7-5-4-6-8-20/h4-12,17-19H,13-16H2,1-3H3,(H,24,26)/t17-,18+,19-/m1/s1. The normalized spacial score (nSPS) is 20.7. The number of amides is 1. The van der Waals surface area contributed by atoms with Crippen LogP contribution in [-0.2, 0) is 19.6 Å². The Labute approximate surface area is 184 Å². The predicted octanol–water partition coefficient (Wildman–Crippen LogP) is 2.68. The first-order chi connectivity index (χ1) is 14.7. The average molecular weight is 447 g/mol. The molecule has 1 N–H and O–H groups in total. The van der Waals surface area contributed by atoms with E-state index in [0.717, 1.165) is 11.1 Å². The number of ether oxygens (including phenoxy) is 2. The van der Waals surface area contributed by atoms with Gasteiger partial charge in [0.2, 0.25) is 10.0 Å². The second-order valence-electron chi connectivity index (χ2n) is 7.83. The molecular weight excluding hydrogens is 416 g/mol. The van der Waals surface area contributed by atoms with Crippen molar-refractivity contribution in [2.45, 2.75) is 39.1 Å². The van der Waals surface area contributed by atoms with Gasteiger partial charge in [-0.05, 0) is 44.0 Å². The zero-order chi connectivity index (χ0) is 22.4. The molecule has 1 heterocycles. The number of hydrogen-bond acceptors (Lipinski definition) is 5. The van der Waals surface area contributed by atoms with Gasteiger partial charge in [0.25, 0.3) is 5.91 Å². The highest BCUT2D eigenvalue weighted by Gasteiger charge is 2.30. The van der Waals surface area contributed by atoms with E-state index in [2.05, 4.69) is 5.32 Å². The number of sulfonamides is 1. The number of hydrogen-bond donors (Lipinski definition) is 1. The Kier molecular flexibility index (Phi) is 7.69. The van der Waals surface area contributed by atoms with E-state index < -0.39 is 16.1 Å². The molecule has 0 radical (unpaired) electrons. The van der Waals surface area contributed by atoms with Gasteiger partial charge in [0, 0.05) is 19.6 Å². The molecule has 3 rings (SSSR count). The van der Waals surface area contributed by atoms with Crippen molar-refractivity contribution in [1.82, 2.24) is 9.62 Å². The zero-order valence-corrected chi connectivity index (χ0v) is 19.0. The first-order valence-electron chi connectivity index (χ1n) is 10.5. The van der Waals surface area contributed by atoms with Crippen molar-refractivity contribution in [3.05, 3.63) is 54.6 Å². The van der Waals surface area contributed by atoms with Crippen molar-refractivity contribution in [2.75, 3.05) is 25.4 Å². The minimum atomic E-state index is -3.46. The van der Waals surface area contributed by atoms with Crippen LogP contribution in [0.3, 0.4) is 0 Å². The molecule has 1 saturated heterocycles. The van der Waals surface area contributed by atoms with Crippen LogP contribution in [0.15, 0.2) is 54.6 Å². The van der Waals surface area contributed by atoms with Gasteiger partial charge in [0.15, 0.2) is 6.10 Å². The highest BCUT2D eigenvalue weighted by atomic mass is 32.2. The van der Waals surface area contributed by atoms with Gasteiger partial charge < -0.3 is 14.8 Å². The Balaban J connectivity index is 1.47. The van der Waals surface area contributed by atoms with E-state index >= 15 is 0 Å². The van der Waals surface area contributed by atoms with Crippen LogP contribution in [0.4, 0.5) is 0 Å². The maximum atomic E-state index is 12.6. The van der Waals surface area contributed by atoms with Crippen molar-refractivity contribution in [1.29, 1.82) is 0 Å². The van der Waals surface area contributed by atoms with Gasteiger partial charge in [-0.1, -0.05) is 42.5 Å². The summed E-state index contributed by atoms with van der Waals surface area (Å²) in [5, 5.41) is 2.66. The molecular formula is C23H30N2O5S. The third-order valence-electron chi connectivity index (χ3n) is 5.08. The van der Waals surface area contributed by atoms with Gasteiger partial charge in [-0.25, -0.2) is 8.42 Å². The van der Waals surface area contributed by atoms with Crippen molar-refractivity contribution < 1.29 is 22.7 Å². The van der Waals surface area contributed by atoms with Crippen LogP contribution in [0.5, 0.6) is 5.75 Å². The molecule has 7 nitrogen and oxygen atoms in total. The van der Waals surface area contributed by atoms with Crippen LogP contribution < -0.4 is 10.1 Å². The average Bonchev–Trinajstić information content (AvgIpc) is 2.74. The number of nitrogens with zero attached hydrogens (tertiary/aromatic N) is 1. The first-order valence-corrected chi connectivity index (χ1v) is 12.1. The molecule has 0 spiro atoms.